The molecule has 126 valence electrons. The summed E-state index contributed by atoms with van der Waals surface area (Å²) in [4.78, 5) is 0. The highest BCUT2D eigenvalue weighted by Crippen LogP contribution is 2.29. The molecule has 2 N–H and O–H groups in total. The zero-order valence-corrected chi connectivity index (χ0v) is 12.9. The molecule has 0 aromatic heterocycles. The largest absolute Gasteiger partial charge is 0.397 e. The minimum Gasteiger partial charge on any atom is -0.376 e. The molecule has 0 spiro atoms. The summed E-state index contributed by atoms with van der Waals surface area (Å²) in [5.74, 6) is 0. The third kappa shape index (κ3) is 5.39. The third-order valence-electron chi connectivity index (χ3n) is 2.70. The van der Waals surface area contributed by atoms with Crippen LogP contribution in [0.1, 0.15) is 6.92 Å². The number of rotatable bonds is 6. The van der Waals surface area contributed by atoms with Crippen molar-refractivity contribution in [1.82, 2.24) is 0 Å². The first-order chi connectivity index (χ1) is 9.48. The molecule has 1 saturated heterocycles. The molecule has 0 aliphatic carbocycles. The molecule has 0 aromatic rings. The fourth-order valence-electron chi connectivity index (χ4n) is 1.98. The van der Waals surface area contributed by atoms with Crippen LogP contribution in [0.2, 0.25) is 0 Å². The molecule has 13 heteroatoms. The van der Waals surface area contributed by atoms with E-state index in [0.717, 1.165) is 7.11 Å². The Hall–Kier alpha value is -0.380. The van der Waals surface area contributed by atoms with Gasteiger partial charge in [0.25, 0.3) is 0 Å². The molecule has 11 nitrogen and oxygen atoms in total. The minimum atomic E-state index is -4.98. The second-order valence-corrected chi connectivity index (χ2v) is 6.22. The molecule has 1 fully saturated rings. The Morgan fingerprint density at radius 2 is 1.33 bits per heavy atom. The van der Waals surface area contributed by atoms with E-state index in [1.807, 2.05) is 0 Å². The van der Waals surface area contributed by atoms with Crippen LogP contribution in [0.3, 0.4) is 0 Å². The van der Waals surface area contributed by atoms with Crippen molar-refractivity contribution in [3.8, 4) is 0 Å². The fraction of sp³-hybridized carbons (Fsp3) is 1.00. The first-order valence-corrected chi connectivity index (χ1v) is 8.24. The van der Waals surface area contributed by atoms with Crippen LogP contribution in [-0.4, -0.2) is 70.9 Å². The smallest absolute Gasteiger partial charge is 0.376 e. The molecule has 1 aliphatic heterocycles. The van der Waals surface area contributed by atoms with Gasteiger partial charge in [-0.1, -0.05) is 0 Å². The van der Waals surface area contributed by atoms with Gasteiger partial charge in [-0.2, -0.15) is 16.8 Å². The van der Waals surface area contributed by atoms with Crippen molar-refractivity contribution >= 4 is 20.8 Å². The van der Waals surface area contributed by atoms with Crippen molar-refractivity contribution in [2.24, 2.45) is 0 Å². The standard InChI is InChI=1S/C8H16O11S2/c1-4-5(15-2)6(18-20(9,10)11)7(8(16-3)17-4)19-21(12,13)14/h4-8H,1-3H3,(H,9,10,11)(H,12,13,14)/t4-,5-,6+,7+,8+/m0/s1. The molecule has 1 heterocycles. The number of ether oxygens (including phenoxy) is 3. The van der Waals surface area contributed by atoms with Gasteiger partial charge >= 0.3 is 20.8 Å². The van der Waals surface area contributed by atoms with E-state index in [-0.39, 0.29) is 0 Å². The van der Waals surface area contributed by atoms with Gasteiger partial charge in [0.2, 0.25) is 0 Å². The molecule has 5 atom stereocenters. The Kier molecular flexibility index (Phi) is 6.05. The number of hydrogen-bond donors (Lipinski definition) is 2. The Morgan fingerprint density at radius 3 is 1.71 bits per heavy atom. The Morgan fingerprint density at radius 1 is 0.857 bits per heavy atom. The number of hydrogen-bond acceptors (Lipinski definition) is 9. The van der Waals surface area contributed by atoms with Crippen LogP contribution in [0.4, 0.5) is 0 Å². The SMILES string of the molecule is CO[C@@H]1O[C@@H](C)[C@H](OC)[C@@H](OS(=O)(=O)O)[C@H]1OS(=O)(=O)O. The van der Waals surface area contributed by atoms with Crippen molar-refractivity contribution in [1.29, 1.82) is 0 Å². The van der Waals surface area contributed by atoms with Crippen molar-refractivity contribution in [2.75, 3.05) is 14.2 Å². The summed E-state index contributed by atoms with van der Waals surface area (Å²) in [6, 6.07) is 0. The molecule has 0 aromatic carbocycles. The topological polar surface area (TPSA) is 155 Å². The summed E-state index contributed by atoms with van der Waals surface area (Å²) in [5.41, 5.74) is 0. The average molecular weight is 352 g/mol. The Bertz CT molecular complexity index is 541. The Balaban J connectivity index is 3.19. The van der Waals surface area contributed by atoms with Crippen molar-refractivity contribution in [2.45, 2.75) is 37.6 Å². The summed E-state index contributed by atoms with van der Waals surface area (Å²) < 4.78 is 84.8. The first kappa shape index (κ1) is 18.7. The van der Waals surface area contributed by atoms with E-state index in [2.05, 4.69) is 8.37 Å². The van der Waals surface area contributed by atoms with E-state index in [1.165, 1.54) is 14.0 Å². The highest BCUT2D eigenvalue weighted by molar-refractivity contribution is 7.81. The van der Waals surface area contributed by atoms with Gasteiger partial charge in [0.1, 0.15) is 12.2 Å². The zero-order valence-electron chi connectivity index (χ0n) is 11.3. The molecule has 0 radical (unpaired) electrons. The van der Waals surface area contributed by atoms with Gasteiger partial charge < -0.3 is 14.2 Å². The molecule has 0 bridgehead atoms. The summed E-state index contributed by atoms with van der Waals surface area (Å²) in [7, 11) is -7.62. The normalized spacial score (nSPS) is 34.8. The molecule has 0 saturated carbocycles. The van der Waals surface area contributed by atoms with E-state index in [1.54, 1.807) is 0 Å². The van der Waals surface area contributed by atoms with Gasteiger partial charge in [0.05, 0.1) is 6.10 Å². The van der Waals surface area contributed by atoms with Crippen LogP contribution in [-0.2, 0) is 43.4 Å². The maximum Gasteiger partial charge on any atom is 0.397 e. The maximum absolute atomic E-state index is 10.9. The van der Waals surface area contributed by atoms with Gasteiger partial charge in [0.15, 0.2) is 12.4 Å². The predicted molar refractivity (Wildman–Crippen MR) is 65.0 cm³/mol. The van der Waals surface area contributed by atoms with Crippen molar-refractivity contribution < 1.29 is 48.5 Å². The molecule has 0 unspecified atom stereocenters. The quantitative estimate of drug-likeness (QED) is 0.552. The average Bonchev–Trinajstić information content (AvgIpc) is 2.29. The van der Waals surface area contributed by atoms with Gasteiger partial charge in [-0.15, -0.1) is 0 Å². The predicted octanol–water partition coefficient (Wildman–Crippen LogP) is -1.23. The lowest BCUT2D eigenvalue weighted by Gasteiger charge is -2.42. The monoisotopic (exact) mass is 352 g/mol. The van der Waals surface area contributed by atoms with Crippen LogP contribution in [0, 0.1) is 0 Å². The van der Waals surface area contributed by atoms with Gasteiger partial charge in [0, 0.05) is 14.2 Å². The highest BCUT2D eigenvalue weighted by Gasteiger charge is 2.50. The van der Waals surface area contributed by atoms with E-state index in [0.29, 0.717) is 0 Å². The molecule has 1 aliphatic rings. The van der Waals surface area contributed by atoms with Crippen molar-refractivity contribution in [3.63, 3.8) is 0 Å². The second-order valence-electron chi connectivity index (χ2n) is 4.12. The highest BCUT2D eigenvalue weighted by atomic mass is 32.3. The second kappa shape index (κ2) is 6.80. The molecular weight excluding hydrogens is 336 g/mol. The van der Waals surface area contributed by atoms with Crippen LogP contribution < -0.4 is 0 Å². The molecular formula is C8H16O11S2. The van der Waals surface area contributed by atoms with E-state index in [9.17, 15) is 16.8 Å². The summed E-state index contributed by atoms with van der Waals surface area (Å²) in [5, 5.41) is 0. The lowest BCUT2D eigenvalue weighted by molar-refractivity contribution is -0.279. The van der Waals surface area contributed by atoms with E-state index in [4.69, 9.17) is 23.3 Å². The van der Waals surface area contributed by atoms with Crippen LogP contribution >= 0.6 is 0 Å². The van der Waals surface area contributed by atoms with E-state index < -0.39 is 51.5 Å². The van der Waals surface area contributed by atoms with E-state index >= 15 is 0 Å². The van der Waals surface area contributed by atoms with Gasteiger partial charge in [-0.3, -0.25) is 9.11 Å². The summed E-state index contributed by atoms with van der Waals surface area (Å²) >= 11 is 0. The molecule has 21 heavy (non-hydrogen) atoms. The minimum absolute atomic E-state index is 0.784. The lowest BCUT2D eigenvalue weighted by atomic mass is 10.00. The molecule has 1 rings (SSSR count). The molecule has 0 amide bonds. The van der Waals surface area contributed by atoms with Gasteiger partial charge in [-0.25, -0.2) is 8.37 Å². The Labute approximate surface area is 122 Å². The van der Waals surface area contributed by atoms with Crippen LogP contribution in [0.5, 0.6) is 0 Å². The summed E-state index contributed by atoms with van der Waals surface area (Å²) in [6.07, 6.45) is -6.66. The van der Waals surface area contributed by atoms with Crippen LogP contribution in [0.25, 0.3) is 0 Å². The zero-order chi connectivity index (χ0) is 16.4. The fourth-order valence-corrected chi connectivity index (χ4v) is 2.96. The number of methoxy groups -OCH3 is 2. The van der Waals surface area contributed by atoms with Crippen LogP contribution in [0.15, 0.2) is 0 Å². The summed E-state index contributed by atoms with van der Waals surface area (Å²) in [6.45, 7) is 1.48. The van der Waals surface area contributed by atoms with Crippen molar-refractivity contribution in [3.05, 3.63) is 0 Å². The maximum atomic E-state index is 10.9. The lowest BCUT2D eigenvalue weighted by Crippen LogP contribution is -2.60. The first-order valence-electron chi connectivity index (χ1n) is 5.51. The third-order valence-corrected chi connectivity index (χ3v) is 3.63. The van der Waals surface area contributed by atoms with Gasteiger partial charge in [-0.05, 0) is 6.92 Å².